The maximum Gasteiger partial charge on any atom is 0.647 e. The minimum Gasteiger partial charge on any atom is -0.457 e. The first-order valence-electron chi connectivity index (χ1n) is 17.7. The molecule has 3 amide bonds. The fourth-order valence-electron chi connectivity index (χ4n) is 4.96. The summed E-state index contributed by atoms with van der Waals surface area (Å²) in [6.45, 7) is 10.3. The average molecular weight is 810 g/mol. The lowest BCUT2D eigenvalue weighted by atomic mass is 10.3. The van der Waals surface area contributed by atoms with Crippen molar-refractivity contribution in [3.63, 3.8) is 0 Å². The zero-order valence-corrected chi connectivity index (χ0v) is 32.1. The number of carbonyl (C=O) groups is 3. The van der Waals surface area contributed by atoms with Crippen molar-refractivity contribution in [3.05, 3.63) is 184 Å². The van der Waals surface area contributed by atoms with Crippen LogP contribution in [0.15, 0.2) is 184 Å². The van der Waals surface area contributed by atoms with E-state index in [4.69, 9.17) is 27.8 Å². The molecule has 0 aromatic heterocycles. The van der Waals surface area contributed by atoms with Gasteiger partial charge >= 0.3 is 7.82 Å². The maximum atomic E-state index is 14.4. The van der Waals surface area contributed by atoms with Gasteiger partial charge in [-0.2, -0.15) is 4.57 Å². The molecule has 0 aliphatic rings. The van der Waals surface area contributed by atoms with Gasteiger partial charge in [-0.3, -0.25) is 14.4 Å². The van der Waals surface area contributed by atoms with Crippen molar-refractivity contribution in [1.82, 2.24) is 0 Å². The van der Waals surface area contributed by atoms with Gasteiger partial charge in [0.2, 0.25) is 17.7 Å². The summed E-state index contributed by atoms with van der Waals surface area (Å²) in [5, 5.41) is 8.01. The van der Waals surface area contributed by atoms with Crippen molar-refractivity contribution in [2.45, 2.75) is 0 Å². The summed E-state index contributed by atoms with van der Waals surface area (Å²) in [6.07, 6.45) is 3.53. The van der Waals surface area contributed by atoms with Gasteiger partial charge in [-0.05, 0) is 164 Å². The number of rotatable bonds is 18. The molecule has 59 heavy (non-hydrogen) atoms. The van der Waals surface area contributed by atoms with Crippen molar-refractivity contribution in [1.29, 1.82) is 0 Å². The number of benzene rings is 6. The van der Waals surface area contributed by atoms with Crippen LogP contribution in [0.4, 0.5) is 17.1 Å². The Bertz CT molecular complexity index is 2190. The zero-order valence-electron chi connectivity index (χ0n) is 31.2. The Balaban J connectivity index is 1.15. The molecular weight excluding hydrogens is 773 g/mol. The summed E-state index contributed by atoms with van der Waals surface area (Å²) >= 11 is 0. The quantitative estimate of drug-likeness (QED) is 0.0563. The number of nitrogens with one attached hydrogen (secondary N) is 3. The Morgan fingerprint density at radius 2 is 0.542 bits per heavy atom. The van der Waals surface area contributed by atoms with Crippen LogP contribution in [0.2, 0.25) is 0 Å². The van der Waals surface area contributed by atoms with E-state index in [1.807, 2.05) is 0 Å². The van der Waals surface area contributed by atoms with E-state index in [0.717, 1.165) is 0 Å². The molecule has 14 heteroatoms. The molecule has 0 atom stereocenters. The molecule has 6 aromatic rings. The van der Waals surface area contributed by atoms with Crippen molar-refractivity contribution in [3.8, 4) is 51.7 Å². The average Bonchev–Trinajstić information content (AvgIpc) is 3.25. The fourth-order valence-corrected chi connectivity index (χ4v) is 6.21. The normalized spacial score (nSPS) is 10.5. The lowest BCUT2D eigenvalue weighted by molar-refractivity contribution is -0.112. The van der Waals surface area contributed by atoms with E-state index in [2.05, 4.69) is 35.7 Å². The molecule has 0 saturated heterocycles. The summed E-state index contributed by atoms with van der Waals surface area (Å²) in [5.41, 5.74) is 1.74. The van der Waals surface area contributed by atoms with Gasteiger partial charge < -0.3 is 43.7 Å². The van der Waals surface area contributed by atoms with E-state index in [-0.39, 0.29) is 35.0 Å². The number of ether oxygens (including phenoxy) is 3. The van der Waals surface area contributed by atoms with Crippen LogP contribution in [0.25, 0.3) is 0 Å². The number of amides is 3. The summed E-state index contributed by atoms with van der Waals surface area (Å²) in [7, 11) is -4.44. The van der Waals surface area contributed by atoms with Crippen molar-refractivity contribution < 1.29 is 46.7 Å². The predicted octanol–water partition coefficient (Wildman–Crippen LogP) is 11.1. The Kier molecular flexibility index (Phi) is 13.2. The second-order valence-electron chi connectivity index (χ2n) is 12.1. The molecule has 0 unspecified atom stereocenters. The first-order chi connectivity index (χ1) is 28.6. The van der Waals surface area contributed by atoms with Gasteiger partial charge in [0, 0.05) is 17.1 Å². The summed E-state index contributed by atoms with van der Waals surface area (Å²) in [6, 6.07) is 39.2. The second-order valence-corrected chi connectivity index (χ2v) is 13.5. The van der Waals surface area contributed by atoms with Crippen LogP contribution >= 0.6 is 7.82 Å². The Morgan fingerprint density at radius 1 is 0.356 bits per heavy atom. The molecule has 0 aliphatic heterocycles. The maximum absolute atomic E-state index is 14.4. The van der Waals surface area contributed by atoms with E-state index < -0.39 is 7.82 Å². The second kappa shape index (κ2) is 19.2. The molecule has 0 saturated carbocycles. The van der Waals surface area contributed by atoms with Crippen LogP contribution < -0.4 is 43.7 Å². The Morgan fingerprint density at radius 3 is 0.746 bits per heavy atom. The van der Waals surface area contributed by atoms with Crippen molar-refractivity contribution in [2.75, 3.05) is 16.0 Å². The minimum absolute atomic E-state index is 0.156. The molecular formula is C45H36N3O10P. The third kappa shape index (κ3) is 12.2. The highest BCUT2D eigenvalue weighted by Gasteiger charge is 2.33. The molecule has 0 heterocycles. The standard InChI is InChI=1S/C45H36N3O10P/c1-4-43(49)46-31-7-13-34(14-8-31)53-37-19-25-40(26-20-37)56-59(52,57-41-27-21-38(22-28-41)54-35-15-9-32(10-16-35)47-44(50)5-2)58-42-29-23-39(24-30-42)55-36-17-11-33(12-18-36)48-45(51)6-3/h4-30H,1-3H2,(H,46,49)(H,47,50)(H,48,51). The highest BCUT2D eigenvalue weighted by molar-refractivity contribution is 7.49. The molecule has 0 radical (unpaired) electrons. The highest BCUT2D eigenvalue weighted by atomic mass is 31.2. The van der Waals surface area contributed by atoms with Crippen LogP contribution in [0.5, 0.6) is 51.7 Å². The Labute approximate surface area is 339 Å². The summed E-state index contributed by atoms with van der Waals surface area (Å²) < 4.78 is 49.8. The molecule has 3 N–H and O–H groups in total. The molecule has 0 bridgehead atoms. The van der Waals surface area contributed by atoms with Crippen molar-refractivity contribution >= 4 is 42.6 Å². The van der Waals surface area contributed by atoms with Gasteiger partial charge in [-0.15, -0.1) is 0 Å². The summed E-state index contributed by atoms with van der Waals surface area (Å²) in [5.74, 6) is 2.37. The molecule has 13 nitrogen and oxygen atoms in total. The molecule has 0 fully saturated rings. The monoisotopic (exact) mass is 809 g/mol. The fraction of sp³-hybridized carbons (Fsp3) is 0. The van der Waals surface area contributed by atoms with Gasteiger partial charge in [-0.1, -0.05) is 19.7 Å². The highest BCUT2D eigenvalue weighted by Crippen LogP contribution is 2.50. The topological polar surface area (TPSA) is 160 Å². The number of hydrogen-bond acceptors (Lipinski definition) is 10. The molecule has 0 spiro atoms. The van der Waals surface area contributed by atoms with E-state index >= 15 is 0 Å². The van der Waals surface area contributed by atoms with E-state index in [1.165, 1.54) is 18.2 Å². The zero-order chi connectivity index (χ0) is 41.6. The molecule has 296 valence electrons. The van der Waals surface area contributed by atoms with Crippen LogP contribution in [-0.4, -0.2) is 17.7 Å². The SMILES string of the molecule is C=CC(=O)Nc1ccc(Oc2ccc(OP(=O)(Oc3ccc(Oc4ccc(NC(=O)C=C)cc4)cc3)Oc3ccc(Oc4ccc(NC(=O)C=C)cc4)cc3)cc2)cc1. The van der Waals surface area contributed by atoms with Gasteiger partial charge in [-0.25, -0.2) is 0 Å². The van der Waals surface area contributed by atoms with E-state index in [9.17, 15) is 18.9 Å². The van der Waals surface area contributed by atoms with Gasteiger partial charge in [0.15, 0.2) is 0 Å². The number of phosphoric acid groups is 1. The van der Waals surface area contributed by atoms with Gasteiger partial charge in [0.25, 0.3) is 0 Å². The van der Waals surface area contributed by atoms with Crippen LogP contribution in [0, 0.1) is 0 Å². The number of hydrogen-bond donors (Lipinski definition) is 3. The smallest absolute Gasteiger partial charge is 0.457 e. The largest absolute Gasteiger partial charge is 0.647 e. The van der Waals surface area contributed by atoms with Crippen LogP contribution in [-0.2, 0) is 18.9 Å². The Hall–Kier alpha value is -8.02. The molecule has 6 rings (SSSR count). The first kappa shape index (κ1) is 40.6. The molecule has 0 aliphatic carbocycles. The van der Waals surface area contributed by atoms with E-state index in [1.54, 1.807) is 146 Å². The summed E-state index contributed by atoms with van der Waals surface area (Å²) in [4.78, 5) is 34.7. The first-order valence-corrected chi connectivity index (χ1v) is 19.2. The van der Waals surface area contributed by atoms with Gasteiger partial charge in [0.1, 0.15) is 51.7 Å². The van der Waals surface area contributed by atoms with E-state index in [0.29, 0.717) is 51.6 Å². The third-order valence-corrected chi connectivity index (χ3v) is 9.05. The predicted molar refractivity (Wildman–Crippen MR) is 225 cm³/mol. The van der Waals surface area contributed by atoms with Gasteiger partial charge in [0.05, 0.1) is 0 Å². The number of anilines is 3. The number of phosphoric ester groups is 1. The minimum atomic E-state index is -4.44. The van der Waals surface area contributed by atoms with Crippen LogP contribution in [0.1, 0.15) is 0 Å². The lowest BCUT2D eigenvalue weighted by Crippen LogP contribution is -2.07. The van der Waals surface area contributed by atoms with Crippen molar-refractivity contribution in [2.24, 2.45) is 0 Å². The van der Waals surface area contributed by atoms with Crippen LogP contribution in [0.3, 0.4) is 0 Å². The number of carbonyl (C=O) groups excluding carboxylic acids is 3. The third-order valence-electron chi connectivity index (χ3n) is 7.75. The lowest BCUT2D eigenvalue weighted by Gasteiger charge is -2.20. The molecule has 6 aromatic carbocycles.